The molecule has 1 saturated heterocycles. The van der Waals surface area contributed by atoms with E-state index in [0.717, 1.165) is 42.2 Å². The molecule has 11 nitrogen and oxygen atoms in total. The molecule has 39 heavy (non-hydrogen) atoms. The van der Waals surface area contributed by atoms with Gasteiger partial charge in [0, 0.05) is 30.6 Å². The predicted molar refractivity (Wildman–Crippen MR) is 139 cm³/mol. The van der Waals surface area contributed by atoms with E-state index in [9.17, 15) is 9.90 Å². The average molecular weight is 537 g/mol. The molecule has 0 bridgehead atoms. The summed E-state index contributed by atoms with van der Waals surface area (Å²) in [4.78, 5) is 16.5. The van der Waals surface area contributed by atoms with Gasteiger partial charge < -0.3 is 34.1 Å². The minimum atomic E-state index is -0.883. The normalized spacial score (nSPS) is 20.0. The van der Waals surface area contributed by atoms with E-state index in [4.69, 9.17) is 33.8 Å². The molecule has 2 aromatic heterocycles. The number of carboxylic acid groups (broad SMARTS) is 1. The molecule has 3 aliphatic heterocycles. The summed E-state index contributed by atoms with van der Waals surface area (Å²) in [6.07, 6.45) is 2.52. The smallest absolute Gasteiger partial charge is 0.303 e. The minimum Gasteiger partial charge on any atom is -0.481 e. The van der Waals surface area contributed by atoms with Crippen molar-refractivity contribution in [3.63, 3.8) is 0 Å². The first kappa shape index (κ1) is 25.4. The fourth-order valence-electron chi connectivity index (χ4n) is 5.17. The molecule has 1 aromatic carbocycles. The second-order valence-electron chi connectivity index (χ2n) is 9.98. The number of aryl methyl sites for hydroxylation is 1. The molecule has 3 aliphatic rings. The van der Waals surface area contributed by atoms with Crippen molar-refractivity contribution in [1.29, 1.82) is 0 Å². The number of nitrogens with one attached hydrogen (secondary N) is 1. The third-order valence-electron chi connectivity index (χ3n) is 7.11. The van der Waals surface area contributed by atoms with Crippen molar-refractivity contribution >= 4 is 11.8 Å². The molecule has 206 valence electrons. The van der Waals surface area contributed by atoms with Crippen LogP contribution in [-0.4, -0.2) is 58.4 Å². The summed E-state index contributed by atoms with van der Waals surface area (Å²) in [6, 6.07) is 11.6. The average Bonchev–Trinajstić information content (AvgIpc) is 3.53. The number of fused-ring (bicyclic) bond motifs is 2. The molecule has 0 spiro atoms. The number of hydrogen-bond acceptors (Lipinski definition) is 9. The number of nitrogens with zero attached hydrogens (tertiary/aromatic N) is 3. The Balaban J connectivity index is 1.17. The Morgan fingerprint density at radius 1 is 1.18 bits per heavy atom. The maximum atomic E-state index is 11.7. The number of pyridine rings is 1. The topological polar surface area (TPSA) is 126 Å². The van der Waals surface area contributed by atoms with E-state index >= 15 is 0 Å². The summed E-state index contributed by atoms with van der Waals surface area (Å²) in [7, 11) is 0. The summed E-state index contributed by atoms with van der Waals surface area (Å²) >= 11 is 0. The van der Waals surface area contributed by atoms with Crippen LogP contribution in [0.3, 0.4) is 0 Å². The molecule has 0 amide bonds. The number of rotatable bonds is 11. The number of aromatic nitrogens is 3. The van der Waals surface area contributed by atoms with Crippen molar-refractivity contribution in [1.82, 2.24) is 14.8 Å². The van der Waals surface area contributed by atoms with Gasteiger partial charge in [0.1, 0.15) is 5.82 Å². The number of ether oxygens (including phenoxy) is 5. The first-order valence-electron chi connectivity index (χ1n) is 13.3. The van der Waals surface area contributed by atoms with E-state index in [1.54, 1.807) is 4.68 Å². The van der Waals surface area contributed by atoms with Crippen LogP contribution in [0.1, 0.15) is 48.2 Å². The lowest BCUT2D eigenvalue weighted by Gasteiger charge is -2.33. The van der Waals surface area contributed by atoms with Crippen LogP contribution in [0.2, 0.25) is 0 Å². The minimum absolute atomic E-state index is 0.0485. The molecule has 0 radical (unpaired) electrons. The first-order chi connectivity index (χ1) is 19.0. The van der Waals surface area contributed by atoms with Crippen LogP contribution in [-0.2, 0) is 40.1 Å². The Kier molecular flexibility index (Phi) is 7.25. The molecular weight excluding hydrogens is 504 g/mol. The molecule has 0 unspecified atom stereocenters. The standard InChI is InChI=1S/C28H32N4O7/c1-17-38-27(39-17)15-32-25(35-10-8-21-6-4-18-3-2-9-29-28(18)30-21)14-22(31-32)11-20(13-26(33)34)19-5-7-23-24(12-19)37-16-36-23/h4-7,12,14,17,20,27H,2-3,8-11,13,15-16H2,1H3,(H,29,30)(H,33,34)/t17?,20-,27?/m0/s1. The zero-order valence-electron chi connectivity index (χ0n) is 21.8. The maximum Gasteiger partial charge on any atom is 0.303 e. The van der Waals surface area contributed by atoms with Gasteiger partial charge in [0.25, 0.3) is 0 Å². The first-order valence-corrected chi connectivity index (χ1v) is 13.3. The van der Waals surface area contributed by atoms with Crippen LogP contribution in [0.5, 0.6) is 17.4 Å². The van der Waals surface area contributed by atoms with Gasteiger partial charge in [-0.2, -0.15) is 5.10 Å². The maximum absolute atomic E-state index is 11.7. The van der Waals surface area contributed by atoms with Gasteiger partial charge in [-0.3, -0.25) is 4.79 Å². The van der Waals surface area contributed by atoms with Crippen molar-refractivity contribution in [2.75, 3.05) is 25.3 Å². The lowest BCUT2D eigenvalue weighted by Crippen LogP contribution is -2.41. The van der Waals surface area contributed by atoms with E-state index in [-0.39, 0.29) is 25.4 Å². The van der Waals surface area contributed by atoms with Crippen molar-refractivity contribution in [2.24, 2.45) is 0 Å². The van der Waals surface area contributed by atoms with Crippen LogP contribution < -0.4 is 19.5 Å². The Morgan fingerprint density at radius 2 is 2.05 bits per heavy atom. The molecule has 6 rings (SSSR count). The van der Waals surface area contributed by atoms with Gasteiger partial charge in [0.15, 0.2) is 24.1 Å². The van der Waals surface area contributed by atoms with Crippen LogP contribution in [0, 0.1) is 0 Å². The largest absolute Gasteiger partial charge is 0.481 e. The lowest BCUT2D eigenvalue weighted by atomic mass is 9.91. The number of carboxylic acids is 1. The van der Waals surface area contributed by atoms with Gasteiger partial charge in [-0.05, 0) is 55.5 Å². The van der Waals surface area contributed by atoms with Gasteiger partial charge >= 0.3 is 5.97 Å². The highest BCUT2D eigenvalue weighted by Gasteiger charge is 2.29. The van der Waals surface area contributed by atoms with E-state index in [0.29, 0.717) is 43.4 Å². The Hall–Kier alpha value is -3.83. The summed E-state index contributed by atoms with van der Waals surface area (Å²) < 4.78 is 30.0. The summed E-state index contributed by atoms with van der Waals surface area (Å²) in [5.74, 6) is 1.63. The van der Waals surface area contributed by atoms with E-state index < -0.39 is 12.3 Å². The molecular formula is C28H32N4O7. The third-order valence-corrected chi connectivity index (χ3v) is 7.11. The third kappa shape index (κ3) is 5.94. The number of aliphatic carboxylic acids is 1. The fraction of sp³-hybridized carbons (Fsp3) is 0.464. The van der Waals surface area contributed by atoms with Gasteiger partial charge in [-0.25, -0.2) is 9.67 Å². The molecule has 0 saturated carbocycles. The zero-order valence-corrected chi connectivity index (χ0v) is 21.8. The van der Waals surface area contributed by atoms with Gasteiger partial charge in [-0.15, -0.1) is 0 Å². The van der Waals surface area contributed by atoms with Crippen LogP contribution in [0.4, 0.5) is 5.82 Å². The lowest BCUT2D eigenvalue weighted by molar-refractivity contribution is -0.379. The zero-order chi connectivity index (χ0) is 26.8. The van der Waals surface area contributed by atoms with Crippen LogP contribution >= 0.6 is 0 Å². The van der Waals surface area contributed by atoms with Crippen molar-refractivity contribution in [2.45, 2.75) is 64.1 Å². The highest BCUT2D eigenvalue weighted by Crippen LogP contribution is 2.36. The monoisotopic (exact) mass is 536 g/mol. The number of carbonyl (C=O) groups is 1. The Bertz CT molecular complexity index is 1340. The second-order valence-corrected chi connectivity index (χ2v) is 9.98. The molecule has 0 aliphatic carbocycles. The van der Waals surface area contributed by atoms with Gasteiger partial charge in [-0.1, -0.05) is 12.1 Å². The van der Waals surface area contributed by atoms with Gasteiger partial charge in [0.2, 0.25) is 12.7 Å². The molecule has 11 heteroatoms. The highest BCUT2D eigenvalue weighted by atomic mass is 16.9. The fourth-order valence-corrected chi connectivity index (χ4v) is 5.17. The van der Waals surface area contributed by atoms with Crippen molar-refractivity contribution < 1.29 is 33.6 Å². The van der Waals surface area contributed by atoms with Crippen molar-refractivity contribution in [3.05, 3.63) is 58.9 Å². The second kappa shape index (κ2) is 11.1. The van der Waals surface area contributed by atoms with Crippen molar-refractivity contribution in [3.8, 4) is 17.4 Å². The molecule has 3 aromatic rings. The molecule has 5 heterocycles. The van der Waals surface area contributed by atoms with Crippen LogP contribution in [0.15, 0.2) is 36.4 Å². The summed E-state index contributed by atoms with van der Waals surface area (Å²) in [5, 5.41) is 17.7. The summed E-state index contributed by atoms with van der Waals surface area (Å²) in [5.41, 5.74) is 3.78. The quantitative estimate of drug-likeness (QED) is 0.376. The Morgan fingerprint density at radius 3 is 2.90 bits per heavy atom. The Labute approximate surface area is 226 Å². The SMILES string of the molecule is CC1OC(Cn2nc(C[C@@H](CC(=O)O)c3ccc4c(c3)OCO4)cc2OCCc2ccc3c(n2)NCCC3)O1. The van der Waals surface area contributed by atoms with Gasteiger partial charge in [0.05, 0.1) is 25.3 Å². The molecule has 1 atom stereocenters. The number of anilines is 1. The van der Waals surface area contributed by atoms with E-state index in [1.807, 2.05) is 31.2 Å². The number of benzene rings is 1. The predicted octanol–water partition coefficient (Wildman–Crippen LogP) is 3.51. The summed E-state index contributed by atoms with van der Waals surface area (Å²) in [6.45, 7) is 3.73. The molecule has 2 N–H and O–H groups in total. The molecule has 1 fully saturated rings. The van der Waals surface area contributed by atoms with Crippen LogP contribution in [0.25, 0.3) is 0 Å². The number of hydrogen-bond donors (Lipinski definition) is 2. The van der Waals surface area contributed by atoms with E-state index in [2.05, 4.69) is 17.4 Å². The highest BCUT2D eigenvalue weighted by molar-refractivity contribution is 5.68. The van der Waals surface area contributed by atoms with E-state index in [1.165, 1.54) is 5.56 Å².